The first-order valence-corrected chi connectivity index (χ1v) is 9.67. The maximum Gasteiger partial charge on any atom is 0.328 e. The zero-order chi connectivity index (χ0) is 17.8. The lowest BCUT2D eigenvalue weighted by Gasteiger charge is -2.32. The van der Waals surface area contributed by atoms with Crippen molar-refractivity contribution < 1.29 is 19.1 Å². The number of hydrogen-bond acceptors (Lipinski definition) is 2. The lowest BCUT2D eigenvalue weighted by Crippen LogP contribution is -2.36. The summed E-state index contributed by atoms with van der Waals surface area (Å²) in [5.41, 5.74) is -0.532. The van der Waals surface area contributed by atoms with Gasteiger partial charge in [-0.3, -0.25) is 9.36 Å². The fourth-order valence-corrected chi connectivity index (χ4v) is 4.11. The van der Waals surface area contributed by atoms with Crippen LogP contribution in [0, 0.1) is 0 Å². The molecule has 0 aliphatic heterocycles. The largest absolute Gasteiger partial charge is 0.328 e. The van der Waals surface area contributed by atoms with E-state index in [1.165, 1.54) is 0 Å². The highest BCUT2D eigenvalue weighted by atomic mass is 31.2. The number of carbonyl (C=O) groups is 1. The highest BCUT2D eigenvalue weighted by Crippen LogP contribution is 2.49. The zero-order valence-corrected chi connectivity index (χ0v) is 14.8. The summed E-state index contributed by atoms with van der Waals surface area (Å²) in [5.74, 6) is -0.124. The van der Waals surface area contributed by atoms with E-state index >= 15 is 0 Å². The Kier molecular flexibility index (Phi) is 5.76. The molecule has 2 aromatic rings. The van der Waals surface area contributed by atoms with E-state index in [2.05, 4.69) is 0 Å². The van der Waals surface area contributed by atoms with Crippen molar-refractivity contribution in [1.29, 1.82) is 0 Å². The molecule has 0 aromatic heterocycles. The van der Waals surface area contributed by atoms with Crippen molar-refractivity contribution in [2.45, 2.75) is 37.8 Å². The van der Waals surface area contributed by atoms with Gasteiger partial charge in [0.1, 0.15) is 0 Å². The molecule has 0 fully saturated rings. The summed E-state index contributed by atoms with van der Waals surface area (Å²) in [4.78, 5) is 32.5. The predicted octanol–water partition coefficient (Wildman–Crippen LogP) is 4.17. The lowest BCUT2D eigenvalue weighted by molar-refractivity contribution is 0.0885. The van der Waals surface area contributed by atoms with Crippen LogP contribution in [0.25, 0.3) is 0 Å². The summed E-state index contributed by atoms with van der Waals surface area (Å²) in [7, 11) is -4.28. The van der Waals surface area contributed by atoms with Crippen LogP contribution in [0.3, 0.4) is 0 Å². The van der Waals surface area contributed by atoms with Crippen molar-refractivity contribution >= 4 is 13.4 Å². The van der Waals surface area contributed by atoms with Gasteiger partial charge in [0.2, 0.25) is 0 Å². The number of ketones is 1. The Hall–Kier alpha value is -1.74. The second-order valence-corrected chi connectivity index (χ2v) is 8.16. The van der Waals surface area contributed by atoms with Gasteiger partial charge < -0.3 is 9.79 Å². The van der Waals surface area contributed by atoms with E-state index < -0.39 is 18.7 Å². The molecule has 4 nitrogen and oxygen atoms in total. The van der Waals surface area contributed by atoms with Crippen LogP contribution in [0.1, 0.15) is 42.6 Å². The summed E-state index contributed by atoms with van der Waals surface area (Å²) in [6, 6.07) is 18.1. The molecule has 2 aromatic carbocycles. The third kappa shape index (κ3) is 4.02. The van der Waals surface area contributed by atoms with Gasteiger partial charge in [0.05, 0.1) is 11.1 Å². The summed E-state index contributed by atoms with van der Waals surface area (Å²) >= 11 is 0. The van der Waals surface area contributed by atoms with E-state index in [-0.39, 0.29) is 12.2 Å². The van der Waals surface area contributed by atoms with Gasteiger partial charge in [-0.2, -0.15) is 0 Å². The molecule has 0 radical (unpaired) electrons. The minimum atomic E-state index is -4.28. The number of benzene rings is 2. The van der Waals surface area contributed by atoms with Crippen molar-refractivity contribution in [3.8, 4) is 0 Å². The second kappa shape index (κ2) is 7.43. The Morgan fingerprint density at radius 2 is 1.54 bits per heavy atom. The van der Waals surface area contributed by atoms with Gasteiger partial charge >= 0.3 is 7.60 Å². The molecular formula is C19H23O4P. The SMILES string of the molecule is CCC(CC(C)(C(=O)c1ccccc1)c1ccccc1)P(=O)(O)O. The van der Waals surface area contributed by atoms with Gasteiger partial charge in [0.15, 0.2) is 5.78 Å². The standard InChI is InChI=1S/C19H23O4P/c1-3-17(24(21,22)23)14-19(2,16-12-8-5-9-13-16)18(20)15-10-6-4-7-11-15/h4-13,17H,3,14H2,1-2H3,(H2,21,22,23). The maximum absolute atomic E-state index is 13.2. The number of Topliss-reactive ketones (excluding diaryl/α,β-unsaturated/α-hetero) is 1. The molecule has 2 rings (SSSR count). The minimum Gasteiger partial charge on any atom is -0.324 e. The topological polar surface area (TPSA) is 74.6 Å². The minimum absolute atomic E-state index is 0.103. The molecule has 2 atom stereocenters. The quantitative estimate of drug-likeness (QED) is 0.583. The number of hydrogen-bond donors (Lipinski definition) is 2. The molecule has 24 heavy (non-hydrogen) atoms. The molecule has 0 aliphatic carbocycles. The lowest BCUT2D eigenvalue weighted by atomic mass is 9.72. The Morgan fingerprint density at radius 1 is 1.04 bits per heavy atom. The monoisotopic (exact) mass is 346 g/mol. The first-order valence-electron chi connectivity index (χ1n) is 7.99. The smallest absolute Gasteiger partial charge is 0.324 e. The van der Waals surface area contributed by atoms with Gasteiger partial charge in [0, 0.05) is 5.56 Å². The molecule has 128 valence electrons. The Bertz CT molecular complexity index is 724. The molecule has 5 heteroatoms. The summed E-state index contributed by atoms with van der Waals surface area (Å²) < 4.78 is 11.8. The van der Waals surface area contributed by atoms with Crippen molar-refractivity contribution in [3.05, 3.63) is 71.8 Å². The van der Waals surface area contributed by atoms with E-state index in [0.29, 0.717) is 12.0 Å². The Morgan fingerprint density at radius 3 is 2.00 bits per heavy atom. The molecule has 2 N–H and O–H groups in total. The predicted molar refractivity (Wildman–Crippen MR) is 95.3 cm³/mol. The van der Waals surface area contributed by atoms with E-state index in [1.807, 2.05) is 36.4 Å². The first kappa shape index (κ1) is 18.6. The molecule has 0 spiro atoms. The van der Waals surface area contributed by atoms with Crippen LogP contribution >= 0.6 is 7.60 Å². The normalized spacial score (nSPS) is 15.5. The van der Waals surface area contributed by atoms with E-state index in [1.54, 1.807) is 38.1 Å². The van der Waals surface area contributed by atoms with Crippen molar-refractivity contribution in [2.24, 2.45) is 0 Å². The van der Waals surface area contributed by atoms with Gasteiger partial charge in [0.25, 0.3) is 0 Å². The average Bonchev–Trinajstić information content (AvgIpc) is 2.59. The highest BCUT2D eigenvalue weighted by Gasteiger charge is 2.41. The van der Waals surface area contributed by atoms with Crippen LogP contribution < -0.4 is 0 Å². The fraction of sp³-hybridized carbons (Fsp3) is 0.316. The van der Waals surface area contributed by atoms with Crippen LogP contribution in [0.4, 0.5) is 0 Å². The maximum atomic E-state index is 13.2. The van der Waals surface area contributed by atoms with Crippen LogP contribution in [0.5, 0.6) is 0 Å². The molecule has 0 aliphatic rings. The fourth-order valence-electron chi connectivity index (χ4n) is 3.03. The number of rotatable bonds is 7. The van der Waals surface area contributed by atoms with Crippen molar-refractivity contribution in [3.63, 3.8) is 0 Å². The average molecular weight is 346 g/mol. The molecule has 0 bridgehead atoms. The molecule has 0 amide bonds. The molecule has 0 saturated carbocycles. The van der Waals surface area contributed by atoms with Crippen molar-refractivity contribution in [1.82, 2.24) is 0 Å². The molecule has 2 unspecified atom stereocenters. The highest BCUT2D eigenvalue weighted by molar-refractivity contribution is 7.52. The molecule has 0 saturated heterocycles. The van der Waals surface area contributed by atoms with E-state index in [9.17, 15) is 19.1 Å². The van der Waals surface area contributed by atoms with Crippen LogP contribution in [-0.2, 0) is 9.98 Å². The van der Waals surface area contributed by atoms with Gasteiger partial charge in [-0.1, -0.05) is 67.6 Å². The van der Waals surface area contributed by atoms with E-state index in [0.717, 1.165) is 5.56 Å². The second-order valence-electron chi connectivity index (χ2n) is 6.25. The van der Waals surface area contributed by atoms with Crippen LogP contribution in [-0.4, -0.2) is 21.2 Å². The molecule has 0 heterocycles. The Labute approximate surface area is 142 Å². The van der Waals surface area contributed by atoms with Crippen molar-refractivity contribution in [2.75, 3.05) is 0 Å². The molecular weight excluding hydrogens is 323 g/mol. The summed E-state index contributed by atoms with van der Waals surface area (Å²) in [6.45, 7) is 3.51. The first-order chi connectivity index (χ1) is 11.3. The van der Waals surface area contributed by atoms with E-state index in [4.69, 9.17) is 0 Å². The van der Waals surface area contributed by atoms with Crippen LogP contribution in [0.2, 0.25) is 0 Å². The summed E-state index contributed by atoms with van der Waals surface area (Å²) in [6.07, 6.45) is 0.417. The van der Waals surface area contributed by atoms with Gasteiger partial charge in [-0.25, -0.2) is 0 Å². The third-order valence-corrected chi connectivity index (χ3v) is 6.04. The third-order valence-electron chi connectivity index (χ3n) is 4.54. The van der Waals surface area contributed by atoms with Gasteiger partial charge in [-0.15, -0.1) is 0 Å². The Balaban J connectivity index is 2.50. The zero-order valence-electron chi connectivity index (χ0n) is 13.9. The summed E-state index contributed by atoms with van der Waals surface area (Å²) in [5, 5.41) is 0. The number of carbonyl (C=O) groups excluding carboxylic acids is 1. The van der Waals surface area contributed by atoms with Crippen LogP contribution in [0.15, 0.2) is 60.7 Å². The van der Waals surface area contributed by atoms with Gasteiger partial charge in [-0.05, 0) is 25.3 Å².